The van der Waals surface area contributed by atoms with Crippen LogP contribution in [0.15, 0.2) is 5.06 Å². The van der Waals surface area contributed by atoms with Crippen LogP contribution in [0, 0.1) is 17.2 Å². The van der Waals surface area contributed by atoms with E-state index in [1.54, 1.807) is 6.92 Å². The summed E-state index contributed by atoms with van der Waals surface area (Å²) in [4.78, 5) is 4.58. The Morgan fingerprint density at radius 1 is 1.77 bits per heavy atom. The van der Waals surface area contributed by atoms with Crippen LogP contribution in [0.3, 0.4) is 0 Å². The van der Waals surface area contributed by atoms with Crippen molar-refractivity contribution in [1.82, 2.24) is 0 Å². The average molecular weight is 181 g/mol. The molecule has 1 N–H and O–H groups in total. The fourth-order valence-electron chi connectivity index (χ4n) is 1.27. The van der Waals surface area contributed by atoms with Crippen molar-refractivity contribution < 1.29 is 14.7 Å². The quantitative estimate of drug-likeness (QED) is 0.476. The molecule has 6 heteroatoms. The Morgan fingerprint density at radius 3 is 3.00 bits per heavy atom. The molecule has 1 heterocycles. The van der Waals surface area contributed by atoms with Gasteiger partial charge in [0.1, 0.15) is 0 Å². The summed E-state index contributed by atoms with van der Waals surface area (Å²) >= 11 is 0. The first-order chi connectivity index (χ1) is 6.19. The van der Waals surface area contributed by atoms with Gasteiger partial charge in [0, 0.05) is 0 Å². The standard InChI is InChI=1S/C7H10BN2O3/c1-4-5(3-9)2-6(11)7(12-4)13-10-8/h4-7,11H,2H2,1H3. The number of nitrogens with zero attached hydrogens (tertiary/aromatic N) is 2. The van der Waals surface area contributed by atoms with Gasteiger partial charge in [-0.15, -0.1) is 0 Å². The van der Waals surface area contributed by atoms with Crippen LogP contribution >= 0.6 is 0 Å². The molecule has 0 aliphatic carbocycles. The topological polar surface area (TPSA) is 74.8 Å². The number of ether oxygens (including phenoxy) is 1. The second kappa shape index (κ2) is 4.35. The number of hydrogen-bond acceptors (Lipinski definition) is 5. The van der Waals surface area contributed by atoms with Crippen molar-refractivity contribution >= 4 is 7.64 Å². The number of rotatable bonds is 2. The molecule has 0 amide bonds. The van der Waals surface area contributed by atoms with Crippen molar-refractivity contribution in [3.8, 4) is 6.07 Å². The summed E-state index contributed by atoms with van der Waals surface area (Å²) in [6.07, 6.45) is -1.67. The Hall–Kier alpha value is -0.925. The van der Waals surface area contributed by atoms with E-state index >= 15 is 0 Å². The van der Waals surface area contributed by atoms with Crippen molar-refractivity contribution in [2.24, 2.45) is 11.0 Å². The molecule has 4 unspecified atom stereocenters. The molecule has 69 valence electrons. The Balaban J connectivity index is 2.57. The van der Waals surface area contributed by atoms with E-state index in [0.717, 1.165) is 0 Å². The van der Waals surface area contributed by atoms with E-state index < -0.39 is 12.4 Å². The summed E-state index contributed by atoms with van der Waals surface area (Å²) in [6, 6.07) is 2.04. The summed E-state index contributed by atoms with van der Waals surface area (Å²) in [6.45, 7) is 1.74. The predicted molar refractivity (Wildman–Crippen MR) is 43.3 cm³/mol. The molecule has 0 bridgehead atoms. The zero-order chi connectivity index (χ0) is 9.84. The predicted octanol–water partition coefficient (Wildman–Crippen LogP) is -0.0943. The second-order valence-corrected chi connectivity index (χ2v) is 2.96. The molecule has 1 aliphatic rings. The van der Waals surface area contributed by atoms with Crippen molar-refractivity contribution in [3.05, 3.63) is 0 Å². The van der Waals surface area contributed by atoms with Crippen LogP contribution in [-0.2, 0) is 9.57 Å². The molecule has 1 aliphatic heterocycles. The van der Waals surface area contributed by atoms with Gasteiger partial charge in [-0.25, -0.2) is 0 Å². The third kappa shape index (κ3) is 2.26. The molecular formula is C7H10BN2O3. The summed E-state index contributed by atoms with van der Waals surface area (Å²) < 4.78 is 5.17. The fraction of sp³-hybridized carbons (Fsp3) is 0.857. The maximum atomic E-state index is 9.40. The van der Waals surface area contributed by atoms with Crippen LogP contribution in [0.5, 0.6) is 0 Å². The molecule has 0 spiro atoms. The molecule has 0 aromatic rings. The van der Waals surface area contributed by atoms with E-state index in [4.69, 9.17) is 17.6 Å². The Kier molecular flexibility index (Phi) is 3.40. The van der Waals surface area contributed by atoms with Crippen molar-refractivity contribution in [3.63, 3.8) is 0 Å². The molecule has 1 saturated heterocycles. The van der Waals surface area contributed by atoms with Gasteiger partial charge < -0.3 is 0 Å². The van der Waals surface area contributed by atoms with E-state index in [1.165, 1.54) is 0 Å². The summed E-state index contributed by atoms with van der Waals surface area (Å²) in [7, 11) is 4.78. The molecule has 0 saturated carbocycles. The summed E-state index contributed by atoms with van der Waals surface area (Å²) in [5.74, 6) is -0.312. The van der Waals surface area contributed by atoms with Crippen LogP contribution in [0.25, 0.3) is 0 Å². The number of hydrogen-bond donors (Lipinski definition) is 1. The van der Waals surface area contributed by atoms with E-state index in [1.807, 2.05) is 6.07 Å². The van der Waals surface area contributed by atoms with E-state index in [-0.39, 0.29) is 12.0 Å². The van der Waals surface area contributed by atoms with Gasteiger partial charge in [-0.1, -0.05) is 0 Å². The van der Waals surface area contributed by atoms with Crippen LogP contribution in [-0.4, -0.2) is 31.2 Å². The molecular weight excluding hydrogens is 171 g/mol. The molecule has 1 radical (unpaired) electrons. The fourth-order valence-corrected chi connectivity index (χ4v) is 1.27. The van der Waals surface area contributed by atoms with Gasteiger partial charge in [-0.2, -0.15) is 0 Å². The number of aliphatic hydroxyl groups is 1. The summed E-state index contributed by atoms with van der Waals surface area (Å²) in [5.41, 5.74) is 0. The van der Waals surface area contributed by atoms with Crippen molar-refractivity contribution in [1.29, 1.82) is 5.26 Å². The third-order valence-electron chi connectivity index (χ3n) is 2.06. The molecule has 1 rings (SSSR count). The van der Waals surface area contributed by atoms with E-state index in [0.29, 0.717) is 6.42 Å². The van der Waals surface area contributed by atoms with Crippen molar-refractivity contribution in [2.45, 2.75) is 31.8 Å². The van der Waals surface area contributed by atoms with Crippen LogP contribution in [0.1, 0.15) is 13.3 Å². The van der Waals surface area contributed by atoms with Crippen LogP contribution in [0.4, 0.5) is 0 Å². The maximum absolute atomic E-state index is 9.40. The van der Waals surface area contributed by atoms with Gasteiger partial charge in [0.25, 0.3) is 0 Å². The minimum atomic E-state index is -0.857. The normalized spacial score (nSPS) is 39.1. The molecule has 0 aromatic heterocycles. The SMILES string of the molecule is [B]=NOC1OC(C)C(C#N)CC1O. The third-order valence-corrected chi connectivity index (χ3v) is 2.06. The molecule has 13 heavy (non-hydrogen) atoms. The first-order valence-corrected chi connectivity index (χ1v) is 3.98. The molecule has 4 atom stereocenters. The van der Waals surface area contributed by atoms with Gasteiger partial charge >= 0.3 is 76.5 Å². The van der Waals surface area contributed by atoms with E-state index in [2.05, 4.69) is 9.90 Å². The Morgan fingerprint density at radius 2 is 2.46 bits per heavy atom. The monoisotopic (exact) mass is 181 g/mol. The first-order valence-electron chi connectivity index (χ1n) is 3.98. The van der Waals surface area contributed by atoms with Gasteiger partial charge in [0.2, 0.25) is 0 Å². The Labute approximate surface area is 77.3 Å². The zero-order valence-electron chi connectivity index (χ0n) is 7.25. The zero-order valence-corrected chi connectivity index (χ0v) is 7.25. The van der Waals surface area contributed by atoms with Gasteiger partial charge in [-0.3, -0.25) is 0 Å². The molecule has 5 nitrogen and oxygen atoms in total. The number of aliphatic hydroxyl groups excluding tert-OH is 1. The van der Waals surface area contributed by atoms with E-state index in [9.17, 15) is 5.11 Å². The van der Waals surface area contributed by atoms with Gasteiger partial charge in [0.15, 0.2) is 0 Å². The van der Waals surface area contributed by atoms with Crippen LogP contribution in [0.2, 0.25) is 0 Å². The minimum absolute atomic E-state index is 0.278. The van der Waals surface area contributed by atoms with Crippen LogP contribution < -0.4 is 0 Å². The first kappa shape index (κ1) is 10.2. The molecule has 0 aromatic carbocycles. The van der Waals surface area contributed by atoms with Gasteiger partial charge in [0.05, 0.1) is 0 Å². The molecule has 1 fully saturated rings. The summed E-state index contributed by atoms with van der Waals surface area (Å²) in [5, 5.41) is 21.0. The number of nitriles is 1. The van der Waals surface area contributed by atoms with Gasteiger partial charge in [-0.05, 0) is 0 Å². The van der Waals surface area contributed by atoms with Crippen molar-refractivity contribution in [2.75, 3.05) is 0 Å². The Bertz CT molecular complexity index is 230. The average Bonchev–Trinajstić information content (AvgIpc) is 2.11. The second-order valence-electron chi connectivity index (χ2n) is 2.96.